The van der Waals surface area contributed by atoms with E-state index in [9.17, 15) is 0 Å². The Morgan fingerprint density at radius 1 is 1.41 bits per heavy atom. The van der Waals surface area contributed by atoms with Gasteiger partial charge in [0.25, 0.3) is 0 Å². The van der Waals surface area contributed by atoms with Crippen LogP contribution < -0.4 is 0 Å². The lowest BCUT2D eigenvalue weighted by molar-refractivity contribution is 0.299. The van der Waals surface area contributed by atoms with E-state index in [4.69, 9.17) is 0 Å². The summed E-state index contributed by atoms with van der Waals surface area (Å²) in [6.45, 7) is 5.89. The summed E-state index contributed by atoms with van der Waals surface area (Å²) < 4.78 is 2.09. The van der Waals surface area contributed by atoms with Crippen LogP contribution in [0.1, 0.15) is 31.4 Å². The summed E-state index contributed by atoms with van der Waals surface area (Å²) in [5.41, 5.74) is 2.97. The Labute approximate surface area is 105 Å². The van der Waals surface area contributed by atoms with Crippen molar-refractivity contribution in [1.29, 1.82) is 0 Å². The first-order valence-electron chi connectivity index (χ1n) is 5.61. The molecule has 17 heavy (non-hydrogen) atoms. The van der Waals surface area contributed by atoms with Gasteiger partial charge in [-0.2, -0.15) is 0 Å². The molecule has 0 N–H and O–H groups in total. The fraction of sp³-hybridized carbons (Fsp3) is 0.545. The van der Waals surface area contributed by atoms with Gasteiger partial charge >= 0.3 is 0 Å². The second-order valence-corrected chi connectivity index (χ2v) is 5.12. The second kappa shape index (κ2) is 5.37. The van der Waals surface area contributed by atoms with Gasteiger partial charge in [0, 0.05) is 18.0 Å². The van der Waals surface area contributed by atoms with Crippen LogP contribution in [0, 0.1) is 0 Å². The van der Waals surface area contributed by atoms with E-state index in [0.29, 0.717) is 6.04 Å². The summed E-state index contributed by atoms with van der Waals surface area (Å²) in [7, 11) is 2.07. The smallest absolute Gasteiger partial charge is 0.147 e. The minimum Gasteiger partial charge on any atom is -0.314 e. The molecule has 5 nitrogen and oxygen atoms in total. The third-order valence-electron chi connectivity index (χ3n) is 2.53. The number of thiazole rings is 1. The summed E-state index contributed by atoms with van der Waals surface area (Å²) in [6, 6.07) is 0.396. The van der Waals surface area contributed by atoms with Crippen LogP contribution in [0.25, 0.3) is 0 Å². The quantitative estimate of drug-likeness (QED) is 0.815. The molecule has 0 aliphatic carbocycles. The van der Waals surface area contributed by atoms with E-state index in [1.165, 1.54) is 0 Å². The first kappa shape index (κ1) is 12.2. The molecule has 92 valence electrons. The molecule has 0 atom stereocenters. The average Bonchev–Trinajstić information content (AvgIpc) is 2.88. The van der Waals surface area contributed by atoms with Crippen molar-refractivity contribution in [2.45, 2.75) is 33.0 Å². The predicted molar refractivity (Wildman–Crippen MR) is 67.7 cm³/mol. The van der Waals surface area contributed by atoms with Gasteiger partial charge in [0.05, 0.1) is 17.7 Å². The van der Waals surface area contributed by atoms with Gasteiger partial charge in [0.15, 0.2) is 0 Å². The molecule has 0 fully saturated rings. The lowest BCUT2D eigenvalue weighted by Crippen LogP contribution is -2.20. The summed E-state index contributed by atoms with van der Waals surface area (Å²) in [5.74, 6) is 0.998. The molecular weight excluding hydrogens is 234 g/mol. The molecule has 2 aromatic rings. The van der Waals surface area contributed by atoms with Crippen LogP contribution in [0.5, 0.6) is 0 Å². The fourth-order valence-corrected chi connectivity index (χ4v) is 2.25. The second-order valence-electron chi connectivity index (χ2n) is 4.40. The van der Waals surface area contributed by atoms with Crippen molar-refractivity contribution in [2.24, 2.45) is 0 Å². The summed E-state index contributed by atoms with van der Waals surface area (Å²) in [4.78, 5) is 6.47. The zero-order chi connectivity index (χ0) is 12.3. The van der Waals surface area contributed by atoms with Gasteiger partial charge < -0.3 is 4.57 Å². The molecule has 0 spiro atoms. The zero-order valence-electron chi connectivity index (χ0n) is 10.4. The minimum absolute atomic E-state index is 0.396. The molecule has 0 bridgehead atoms. The highest BCUT2D eigenvalue weighted by Crippen LogP contribution is 2.10. The number of aromatic nitrogens is 4. The number of hydrogen-bond acceptors (Lipinski definition) is 5. The summed E-state index contributed by atoms with van der Waals surface area (Å²) >= 11 is 1.63. The molecule has 2 heterocycles. The normalized spacial score (nSPS) is 11.6. The predicted octanol–water partition coefficient (Wildman–Crippen LogP) is 1.95. The van der Waals surface area contributed by atoms with Gasteiger partial charge in [0.1, 0.15) is 12.2 Å². The van der Waals surface area contributed by atoms with Crippen LogP contribution in [0.4, 0.5) is 0 Å². The lowest BCUT2D eigenvalue weighted by Gasteiger charge is -2.16. The van der Waals surface area contributed by atoms with Crippen LogP contribution in [0.15, 0.2) is 17.2 Å². The van der Waals surface area contributed by atoms with Gasteiger partial charge in [0.2, 0.25) is 0 Å². The zero-order valence-corrected chi connectivity index (χ0v) is 11.2. The number of hydrogen-bond donors (Lipinski definition) is 0. The van der Waals surface area contributed by atoms with Crippen molar-refractivity contribution in [2.75, 3.05) is 7.05 Å². The van der Waals surface area contributed by atoms with Crippen LogP contribution in [-0.2, 0) is 13.1 Å². The Kier molecular flexibility index (Phi) is 3.86. The molecule has 0 saturated heterocycles. The monoisotopic (exact) mass is 251 g/mol. The Bertz CT molecular complexity index is 448. The van der Waals surface area contributed by atoms with E-state index in [-0.39, 0.29) is 0 Å². The molecule has 0 unspecified atom stereocenters. The van der Waals surface area contributed by atoms with Crippen molar-refractivity contribution in [3.05, 3.63) is 28.7 Å². The standard InChI is InChI=1S/C11H17N5S/c1-9(2)16-7-13-14-11(16)5-15(3)4-10-6-17-8-12-10/h6-9H,4-5H2,1-3H3. The molecule has 0 aliphatic heterocycles. The topological polar surface area (TPSA) is 46.8 Å². The van der Waals surface area contributed by atoms with E-state index in [1.807, 2.05) is 5.51 Å². The molecule has 0 saturated carbocycles. The van der Waals surface area contributed by atoms with Crippen LogP contribution >= 0.6 is 11.3 Å². The maximum absolute atomic E-state index is 4.28. The third-order valence-corrected chi connectivity index (χ3v) is 3.17. The first-order valence-corrected chi connectivity index (χ1v) is 6.55. The highest BCUT2D eigenvalue weighted by molar-refractivity contribution is 7.07. The molecule has 6 heteroatoms. The summed E-state index contributed by atoms with van der Waals surface area (Å²) in [5, 5.41) is 10.2. The lowest BCUT2D eigenvalue weighted by atomic mass is 10.3. The molecule has 0 amide bonds. The molecule has 0 radical (unpaired) electrons. The molecule has 2 aromatic heterocycles. The highest BCUT2D eigenvalue weighted by atomic mass is 32.1. The van der Waals surface area contributed by atoms with E-state index in [1.54, 1.807) is 17.7 Å². The van der Waals surface area contributed by atoms with Gasteiger partial charge in [-0.05, 0) is 20.9 Å². The molecular formula is C11H17N5S. The molecule has 0 aromatic carbocycles. The maximum atomic E-state index is 4.28. The Morgan fingerprint density at radius 2 is 2.24 bits per heavy atom. The van der Waals surface area contributed by atoms with Crippen LogP contribution in [-0.4, -0.2) is 31.7 Å². The van der Waals surface area contributed by atoms with Gasteiger partial charge in [-0.15, -0.1) is 21.5 Å². The largest absolute Gasteiger partial charge is 0.314 e. The Morgan fingerprint density at radius 3 is 2.88 bits per heavy atom. The van der Waals surface area contributed by atoms with Crippen molar-refractivity contribution in [1.82, 2.24) is 24.6 Å². The van der Waals surface area contributed by atoms with Crippen molar-refractivity contribution in [3.8, 4) is 0 Å². The van der Waals surface area contributed by atoms with Gasteiger partial charge in [-0.25, -0.2) is 4.98 Å². The average molecular weight is 251 g/mol. The number of rotatable bonds is 5. The molecule has 2 rings (SSSR count). The van der Waals surface area contributed by atoms with Gasteiger partial charge in [-0.3, -0.25) is 4.90 Å². The van der Waals surface area contributed by atoms with E-state index in [2.05, 4.69) is 50.9 Å². The summed E-state index contributed by atoms with van der Waals surface area (Å²) in [6.07, 6.45) is 1.79. The number of nitrogens with zero attached hydrogens (tertiary/aromatic N) is 5. The maximum Gasteiger partial charge on any atom is 0.147 e. The highest BCUT2D eigenvalue weighted by Gasteiger charge is 2.10. The van der Waals surface area contributed by atoms with Crippen molar-refractivity contribution >= 4 is 11.3 Å². The third kappa shape index (κ3) is 3.10. The van der Waals surface area contributed by atoms with Crippen LogP contribution in [0.2, 0.25) is 0 Å². The Balaban J connectivity index is 1.98. The fourth-order valence-electron chi connectivity index (χ4n) is 1.70. The molecule has 0 aliphatic rings. The Hall–Kier alpha value is -1.27. The van der Waals surface area contributed by atoms with E-state index >= 15 is 0 Å². The van der Waals surface area contributed by atoms with Crippen molar-refractivity contribution < 1.29 is 0 Å². The van der Waals surface area contributed by atoms with E-state index in [0.717, 1.165) is 24.6 Å². The van der Waals surface area contributed by atoms with E-state index < -0.39 is 0 Å². The van der Waals surface area contributed by atoms with Crippen LogP contribution in [0.3, 0.4) is 0 Å². The first-order chi connectivity index (χ1) is 8.16. The van der Waals surface area contributed by atoms with Crippen molar-refractivity contribution in [3.63, 3.8) is 0 Å². The van der Waals surface area contributed by atoms with Gasteiger partial charge in [-0.1, -0.05) is 0 Å². The SMILES string of the molecule is CC(C)n1cnnc1CN(C)Cc1cscn1. The minimum atomic E-state index is 0.396.